The highest BCUT2D eigenvalue weighted by Gasteiger charge is 2.38. The molecule has 3 amide bonds. The average molecular weight is 353 g/mol. The largest absolute Gasteiger partial charge is 0.326 e. The first-order chi connectivity index (χ1) is 12.5. The molecule has 0 radical (unpaired) electrons. The van der Waals surface area contributed by atoms with Crippen molar-refractivity contribution in [1.29, 1.82) is 0 Å². The van der Waals surface area contributed by atoms with E-state index in [1.54, 1.807) is 18.1 Å². The Kier molecular flexibility index (Phi) is 5.16. The number of rotatable bonds is 3. The van der Waals surface area contributed by atoms with Gasteiger partial charge in [0.25, 0.3) is 0 Å². The zero-order valence-corrected chi connectivity index (χ0v) is 15.2. The number of para-hydroxylation sites is 1. The predicted octanol–water partition coefficient (Wildman–Crippen LogP) is 2.90. The van der Waals surface area contributed by atoms with Gasteiger partial charge in [0.05, 0.1) is 12.7 Å². The molecule has 0 spiro atoms. The minimum atomic E-state index is -0.556. The van der Waals surface area contributed by atoms with Crippen LogP contribution in [0.5, 0.6) is 0 Å². The van der Waals surface area contributed by atoms with E-state index in [1.807, 2.05) is 38.1 Å². The topological polar surface area (TPSA) is 78.4 Å². The Morgan fingerprint density at radius 3 is 2.85 bits per heavy atom. The van der Waals surface area contributed by atoms with Gasteiger partial charge in [0.1, 0.15) is 6.04 Å². The molecule has 2 unspecified atom stereocenters. The molecule has 2 heterocycles. The number of nitrogens with zero attached hydrogens (tertiary/aromatic N) is 4. The maximum absolute atomic E-state index is 13.2. The van der Waals surface area contributed by atoms with Crippen molar-refractivity contribution in [3.8, 4) is 0 Å². The molecule has 1 aromatic heterocycles. The molecule has 1 aliphatic heterocycles. The van der Waals surface area contributed by atoms with Gasteiger partial charge in [-0.1, -0.05) is 38.5 Å². The van der Waals surface area contributed by atoms with Gasteiger partial charge in [0.15, 0.2) is 5.82 Å². The van der Waals surface area contributed by atoms with E-state index in [2.05, 4.69) is 15.3 Å². The van der Waals surface area contributed by atoms with E-state index >= 15 is 0 Å². The predicted molar refractivity (Wildman–Crippen MR) is 99.7 cm³/mol. The summed E-state index contributed by atoms with van der Waals surface area (Å²) >= 11 is 0. The fourth-order valence-corrected chi connectivity index (χ4v) is 3.14. The van der Waals surface area contributed by atoms with Crippen LogP contribution in [0, 0.1) is 5.92 Å². The first kappa shape index (κ1) is 17.8. The number of aromatic nitrogens is 2. The molecule has 0 bridgehead atoms. The van der Waals surface area contributed by atoms with Crippen molar-refractivity contribution in [3.05, 3.63) is 48.4 Å². The van der Waals surface area contributed by atoms with Crippen molar-refractivity contribution < 1.29 is 9.59 Å². The van der Waals surface area contributed by atoms with Gasteiger partial charge in [-0.2, -0.15) is 0 Å². The van der Waals surface area contributed by atoms with Crippen LogP contribution in [0.25, 0.3) is 0 Å². The van der Waals surface area contributed by atoms with Crippen molar-refractivity contribution in [2.24, 2.45) is 5.92 Å². The zero-order chi connectivity index (χ0) is 18.7. The van der Waals surface area contributed by atoms with Gasteiger partial charge in [-0.15, -0.1) is 0 Å². The molecule has 0 saturated heterocycles. The second-order valence-corrected chi connectivity index (χ2v) is 6.51. The number of amides is 3. The first-order valence-corrected chi connectivity index (χ1v) is 8.72. The standard InChI is InChI=1S/C19H23N5O2/c1-4-13(2)17-18(25)22-15-8-6-5-7-14(15)12-24(17)19(26)23(3)16-11-20-9-10-21-16/h5-11,13,17H,4,12H2,1-3H3,(H,22,25). The maximum atomic E-state index is 13.2. The molecule has 0 saturated carbocycles. The minimum absolute atomic E-state index is 0.0171. The second kappa shape index (κ2) is 7.51. The van der Waals surface area contributed by atoms with E-state index in [1.165, 1.54) is 17.3 Å². The van der Waals surface area contributed by atoms with Crippen LogP contribution in [0.4, 0.5) is 16.3 Å². The fraction of sp³-hybridized carbons (Fsp3) is 0.368. The van der Waals surface area contributed by atoms with Gasteiger partial charge < -0.3 is 10.2 Å². The molecular formula is C19H23N5O2. The van der Waals surface area contributed by atoms with Crippen LogP contribution in [0.3, 0.4) is 0 Å². The maximum Gasteiger partial charge on any atom is 0.326 e. The van der Waals surface area contributed by atoms with Crippen LogP contribution in [0.1, 0.15) is 25.8 Å². The van der Waals surface area contributed by atoms with E-state index in [-0.39, 0.29) is 17.9 Å². The molecular weight excluding hydrogens is 330 g/mol. The van der Waals surface area contributed by atoms with E-state index in [0.29, 0.717) is 12.4 Å². The van der Waals surface area contributed by atoms with Gasteiger partial charge in [0.2, 0.25) is 5.91 Å². The normalized spacial score (nSPS) is 17.7. The van der Waals surface area contributed by atoms with Crippen molar-refractivity contribution in [3.63, 3.8) is 0 Å². The summed E-state index contributed by atoms with van der Waals surface area (Å²) in [6.07, 6.45) is 5.41. The third kappa shape index (κ3) is 3.37. The Hall–Kier alpha value is -2.96. The highest BCUT2D eigenvalue weighted by atomic mass is 16.2. The molecule has 3 rings (SSSR count). The monoisotopic (exact) mass is 353 g/mol. The molecule has 26 heavy (non-hydrogen) atoms. The number of fused-ring (bicyclic) bond motifs is 1. The van der Waals surface area contributed by atoms with Crippen LogP contribution in [0.2, 0.25) is 0 Å². The Morgan fingerprint density at radius 1 is 1.38 bits per heavy atom. The van der Waals surface area contributed by atoms with E-state index < -0.39 is 6.04 Å². The van der Waals surface area contributed by atoms with Gasteiger partial charge in [-0.05, 0) is 17.5 Å². The lowest BCUT2D eigenvalue weighted by molar-refractivity contribution is -0.121. The summed E-state index contributed by atoms with van der Waals surface area (Å²) in [5.41, 5.74) is 1.66. The summed E-state index contributed by atoms with van der Waals surface area (Å²) in [6.45, 7) is 4.36. The molecule has 7 heteroatoms. The summed E-state index contributed by atoms with van der Waals surface area (Å²) in [6, 6.07) is 6.74. The fourth-order valence-electron chi connectivity index (χ4n) is 3.14. The quantitative estimate of drug-likeness (QED) is 0.920. The lowest BCUT2D eigenvalue weighted by Crippen LogP contribution is -2.52. The highest BCUT2D eigenvalue weighted by Crippen LogP contribution is 2.28. The number of carbonyl (C=O) groups is 2. The Labute approximate surface area is 153 Å². The third-order valence-electron chi connectivity index (χ3n) is 4.83. The SMILES string of the molecule is CCC(C)C1C(=O)Nc2ccccc2CN1C(=O)N(C)c1cnccn1. The number of benzene rings is 1. The first-order valence-electron chi connectivity index (χ1n) is 8.72. The zero-order valence-electron chi connectivity index (χ0n) is 15.2. The summed E-state index contributed by atoms with van der Waals surface area (Å²) in [4.78, 5) is 37.4. The van der Waals surface area contributed by atoms with Crippen LogP contribution in [-0.4, -0.2) is 39.9 Å². The number of urea groups is 1. The van der Waals surface area contributed by atoms with Crippen molar-refractivity contribution in [1.82, 2.24) is 14.9 Å². The van der Waals surface area contributed by atoms with Crippen molar-refractivity contribution in [2.75, 3.05) is 17.3 Å². The number of hydrogen-bond donors (Lipinski definition) is 1. The number of anilines is 2. The average Bonchev–Trinajstić information content (AvgIpc) is 2.82. The molecule has 7 nitrogen and oxygen atoms in total. The van der Waals surface area contributed by atoms with E-state index in [4.69, 9.17) is 0 Å². The van der Waals surface area contributed by atoms with Crippen LogP contribution < -0.4 is 10.2 Å². The molecule has 1 aliphatic rings. The Bertz CT molecular complexity index is 796. The van der Waals surface area contributed by atoms with Crippen molar-refractivity contribution in [2.45, 2.75) is 32.9 Å². The molecule has 1 N–H and O–H groups in total. The Morgan fingerprint density at radius 2 is 2.15 bits per heavy atom. The van der Waals surface area contributed by atoms with Crippen LogP contribution >= 0.6 is 0 Å². The molecule has 136 valence electrons. The van der Waals surface area contributed by atoms with Gasteiger partial charge in [0, 0.05) is 25.1 Å². The smallest absolute Gasteiger partial charge is 0.324 e. The second-order valence-electron chi connectivity index (χ2n) is 6.51. The van der Waals surface area contributed by atoms with Gasteiger partial charge in [-0.25, -0.2) is 9.78 Å². The minimum Gasteiger partial charge on any atom is -0.324 e. The molecule has 0 aliphatic carbocycles. The molecule has 0 fully saturated rings. The molecule has 2 atom stereocenters. The Balaban J connectivity index is 1.99. The summed E-state index contributed by atoms with van der Waals surface area (Å²) in [7, 11) is 1.65. The van der Waals surface area contributed by atoms with Gasteiger partial charge in [-0.3, -0.25) is 14.7 Å². The van der Waals surface area contributed by atoms with Crippen LogP contribution in [-0.2, 0) is 11.3 Å². The van der Waals surface area contributed by atoms with E-state index in [9.17, 15) is 9.59 Å². The number of carbonyl (C=O) groups excluding carboxylic acids is 2. The lowest BCUT2D eigenvalue weighted by Gasteiger charge is -2.34. The third-order valence-corrected chi connectivity index (χ3v) is 4.83. The van der Waals surface area contributed by atoms with Crippen molar-refractivity contribution >= 4 is 23.4 Å². The number of nitrogens with one attached hydrogen (secondary N) is 1. The van der Waals surface area contributed by atoms with E-state index in [0.717, 1.165) is 17.7 Å². The van der Waals surface area contributed by atoms with Gasteiger partial charge >= 0.3 is 6.03 Å². The summed E-state index contributed by atoms with van der Waals surface area (Å²) in [5, 5.41) is 2.97. The molecule has 1 aromatic carbocycles. The highest BCUT2D eigenvalue weighted by molar-refractivity contribution is 6.01. The van der Waals surface area contributed by atoms with Crippen LogP contribution in [0.15, 0.2) is 42.9 Å². The summed E-state index contributed by atoms with van der Waals surface area (Å²) < 4.78 is 0. The summed E-state index contributed by atoms with van der Waals surface area (Å²) in [5.74, 6) is 0.298. The molecule has 2 aromatic rings. The lowest BCUT2D eigenvalue weighted by atomic mass is 9.97. The number of hydrogen-bond acceptors (Lipinski definition) is 4.